The topological polar surface area (TPSA) is 35.6 Å². The van der Waals surface area contributed by atoms with Crippen LogP contribution < -0.4 is 10.2 Å². The summed E-state index contributed by atoms with van der Waals surface area (Å²) in [5.74, 6) is 0.0765. The Morgan fingerprint density at radius 1 is 0.889 bits per heavy atom. The van der Waals surface area contributed by atoms with Gasteiger partial charge in [-0.05, 0) is 62.9 Å². The maximum atomic E-state index is 12.8. The first-order chi connectivity index (χ1) is 12.9. The molecule has 4 heteroatoms. The highest BCUT2D eigenvalue weighted by Gasteiger charge is 2.26. The van der Waals surface area contributed by atoms with Gasteiger partial charge < -0.3 is 10.2 Å². The first-order valence-corrected chi connectivity index (χ1v) is 9.80. The molecule has 144 valence electrons. The third-order valence-corrected chi connectivity index (χ3v) is 5.89. The fourth-order valence-corrected chi connectivity index (χ4v) is 3.83. The highest BCUT2D eigenvalue weighted by Crippen LogP contribution is 2.25. The molecule has 1 amide bonds. The molecule has 1 heterocycles. The second-order valence-corrected chi connectivity index (χ2v) is 7.67. The van der Waals surface area contributed by atoms with Gasteiger partial charge >= 0.3 is 0 Å². The Morgan fingerprint density at radius 3 is 2.07 bits per heavy atom. The average Bonchev–Trinajstić information content (AvgIpc) is 2.66. The number of benzene rings is 2. The van der Waals surface area contributed by atoms with Crippen LogP contribution in [0, 0.1) is 27.7 Å². The lowest BCUT2D eigenvalue weighted by molar-refractivity contribution is -0.120. The molecule has 3 rings (SSSR count). The Morgan fingerprint density at radius 2 is 1.44 bits per heavy atom. The molecule has 0 bridgehead atoms. The molecule has 27 heavy (non-hydrogen) atoms. The number of nitrogens with one attached hydrogen (secondary N) is 1. The van der Waals surface area contributed by atoms with Crippen molar-refractivity contribution in [3.63, 3.8) is 0 Å². The zero-order valence-corrected chi connectivity index (χ0v) is 17.2. The first kappa shape index (κ1) is 19.4. The predicted molar refractivity (Wildman–Crippen MR) is 114 cm³/mol. The number of nitrogens with zero attached hydrogens (tertiary/aromatic N) is 2. The molecule has 0 aromatic heterocycles. The summed E-state index contributed by atoms with van der Waals surface area (Å²) >= 11 is 0. The van der Waals surface area contributed by atoms with Crippen LogP contribution in [-0.4, -0.2) is 43.0 Å². The van der Waals surface area contributed by atoms with Crippen molar-refractivity contribution in [2.45, 2.75) is 40.7 Å². The molecule has 0 saturated carbocycles. The van der Waals surface area contributed by atoms with Crippen molar-refractivity contribution in [2.75, 3.05) is 36.4 Å². The SMILES string of the molecule is Cc1cccc(N2CCN(C(C)C(=O)Nc3c(C)cccc3C)CC2)c1C. The van der Waals surface area contributed by atoms with Gasteiger partial charge in [-0.15, -0.1) is 0 Å². The van der Waals surface area contributed by atoms with Crippen LogP contribution in [-0.2, 0) is 4.79 Å². The van der Waals surface area contributed by atoms with Crippen LogP contribution in [0.15, 0.2) is 36.4 Å². The van der Waals surface area contributed by atoms with Crippen LogP contribution >= 0.6 is 0 Å². The Bertz CT molecular complexity index is 802. The monoisotopic (exact) mass is 365 g/mol. The fraction of sp³-hybridized carbons (Fsp3) is 0.435. The van der Waals surface area contributed by atoms with E-state index < -0.39 is 0 Å². The van der Waals surface area contributed by atoms with Gasteiger partial charge in [0.2, 0.25) is 5.91 Å². The van der Waals surface area contributed by atoms with Crippen LogP contribution in [0.5, 0.6) is 0 Å². The van der Waals surface area contributed by atoms with E-state index in [4.69, 9.17) is 0 Å². The van der Waals surface area contributed by atoms with Crippen LogP contribution in [0.3, 0.4) is 0 Å². The lowest BCUT2D eigenvalue weighted by Gasteiger charge is -2.39. The van der Waals surface area contributed by atoms with Gasteiger partial charge in [0.15, 0.2) is 0 Å². The molecule has 1 aliphatic rings. The molecule has 1 N–H and O–H groups in total. The average molecular weight is 366 g/mol. The van der Waals surface area contributed by atoms with Crippen molar-refractivity contribution < 1.29 is 4.79 Å². The molecule has 4 nitrogen and oxygen atoms in total. The number of aryl methyl sites for hydroxylation is 3. The number of anilines is 2. The van der Waals surface area contributed by atoms with E-state index in [-0.39, 0.29) is 11.9 Å². The maximum Gasteiger partial charge on any atom is 0.241 e. The molecule has 2 aromatic carbocycles. The summed E-state index contributed by atoms with van der Waals surface area (Å²) in [7, 11) is 0. The summed E-state index contributed by atoms with van der Waals surface area (Å²) in [6, 6.07) is 12.5. The lowest BCUT2D eigenvalue weighted by Crippen LogP contribution is -2.53. The Labute approximate surface area is 163 Å². The number of hydrogen-bond donors (Lipinski definition) is 1. The van der Waals surface area contributed by atoms with E-state index in [1.54, 1.807) is 0 Å². The van der Waals surface area contributed by atoms with E-state index in [1.807, 2.05) is 39.0 Å². The molecular weight excluding hydrogens is 334 g/mol. The molecule has 1 fully saturated rings. The highest BCUT2D eigenvalue weighted by molar-refractivity contribution is 5.95. The molecule has 0 aliphatic carbocycles. The zero-order chi connectivity index (χ0) is 19.6. The summed E-state index contributed by atoms with van der Waals surface area (Å²) in [4.78, 5) is 17.5. The van der Waals surface area contributed by atoms with Crippen LogP contribution in [0.4, 0.5) is 11.4 Å². The van der Waals surface area contributed by atoms with Gasteiger partial charge in [-0.25, -0.2) is 0 Å². The van der Waals surface area contributed by atoms with Gasteiger partial charge in [-0.3, -0.25) is 9.69 Å². The molecule has 1 saturated heterocycles. The molecule has 1 unspecified atom stereocenters. The summed E-state index contributed by atoms with van der Waals surface area (Å²) in [6.07, 6.45) is 0. The van der Waals surface area contributed by atoms with E-state index in [0.717, 1.165) is 43.0 Å². The van der Waals surface area contributed by atoms with E-state index in [1.165, 1.54) is 16.8 Å². The molecule has 0 radical (unpaired) electrons. The summed E-state index contributed by atoms with van der Waals surface area (Å²) in [5, 5.41) is 3.14. The van der Waals surface area contributed by atoms with Crippen molar-refractivity contribution in [1.29, 1.82) is 0 Å². The Hall–Kier alpha value is -2.33. The number of amides is 1. The number of piperazine rings is 1. The van der Waals surface area contributed by atoms with Gasteiger partial charge in [0.25, 0.3) is 0 Å². The minimum atomic E-state index is -0.134. The van der Waals surface area contributed by atoms with Gasteiger partial charge in [0, 0.05) is 37.6 Å². The van der Waals surface area contributed by atoms with Crippen molar-refractivity contribution in [2.24, 2.45) is 0 Å². The predicted octanol–water partition coefficient (Wildman–Crippen LogP) is 4.07. The van der Waals surface area contributed by atoms with Crippen LogP contribution in [0.25, 0.3) is 0 Å². The van der Waals surface area contributed by atoms with Gasteiger partial charge in [-0.1, -0.05) is 30.3 Å². The first-order valence-electron chi connectivity index (χ1n) is 9.80. The van der Waals surface area contributed by atoms with Crippen molar-refractivity contribution in [3.05, 3.63) is 58.7 Å². The molecule has 2 aromatic rings. The van der Waals surface area contributed by atoms with E-state index in [2.05, 4.69) is 47.2 Å². The number of carbonyl (C=O) groups excluding carboxylic acids is 1. The molecule has 1 atom stereocenters. The number of rotatable bonds is 4. The lowest BCUT2D eigenvalue weighted by atomic mass is 10.1. The normalized spacial score (nSPS) is 16.3. The van der Waals surface area contributed by atoms with E-state index >= 15 is 0 Å². The third kappa shape index (κ3) is 4.16. The Kier molecular flexibility index (Phi) is 5.85. The van der Waals surface area contributed by atoms with Crippen molar-refractivity contribution in [1.82, 2.24) is 4.90 Å². The molecular formula is C23H31N3O. The molecule has 0 spiro atoms. The number of carbonyl (C=O) groups is 1. The highest BCUT2D eigenvalue weighted by atomic mass is 16.2. The van der Waals surface area contributed by atoms with Gasteiger partial charge in [0.05, 0.1) is 6.04 Å². The number of hydrogen-bond acceptors (Lipinski definition) is 3. The van der Waals surface area contributed by atoms with E-state index in [0.29, 0.717) is 0 Å². The van der Waals surface area contributed by atoms with Crippen molar-refractivity contribution >= 4 is 17.3 Å². The largest absolute Gasteiger partial charge is 0.369 e. The van der Waals surface area contributed by atoms with Crippen LogP contribution in [0.1, 0.15) is 29.2 Å². The summed E-state index contributed by atoms with van der Waals surface area (Å²) in [5.41, 5.74) is 7.17. The third-order valence-electron chi connectivity index (χ3n) is 5.89. The second-order valence-electron chi connectivity index (χ2n) is 7.67. The standard InChI is InChI=1S/C23H31N3O/c1-16-8-7-11-21(19(16)4)26-14-12-25(13-15-26)20(5)23(27)24-22-17(2)9-6-10-18(22)3/h6-11,20H,12-15H2,1-5H3,(H,24,27). The maximum absolute atomic E-state index is 12.8. The van der Waals surface area contributed by atoms with Gasteiger partial charge in [0.1, 0.15) is 0 Å². The fourth-order valence-electron chi connectivity index (χ4n) is 3.83. The quantitative estimate of drug-likeness (QED) is 0.887. The minimum absolute atomic E-state index is 0.0765. The van der Waals surface area contributed by atoms with E-state index in [9.17, 15) is 4.79 Å². The Balaban J connectivity index is 1.62. The smallest absolute Gasteiger partial charge is 0.241 e. The minimum Gasteiger partial charge on any atom is -0.369 e. The summed E-state index contributed by atoms with van der Waals surface area (Å²) < 4.78 is 0. The van der Waals surface area contributed by atoms with Gasteiger partial charge in [-0.2, -0.15) is 0 Å². The molecule has 1 aliphatic heterocycles. The van der Waals surface area contributed by atoms with Crippen LogP contribution in [0.2, 0.25) is 0 Å². The number of para-hydroxylation sites is 1. The summed E-state index contributed by atoms with van der Waals surface area (Å²) in [6.45, 7) is 14.1. The van der Waals surface area contributed by atoms with Crippen molar-refractivity contribution in [3.8, 4) is 0 Å². The second kappa shape index (κ2) is 8.13. The zero-order valence-electron chi connectivity index (χ0n) is 17.2.